The van der Waals surface area contributed by atoms with Crippen molar-refractivity contribution in [3.05, 3.63) is 29.8 Å². The highest BCUT2D eigenvalue weighted by atomic mass is 32.2. The van der Waals surface area contributed by atoms with Crippen molar-refractivity contribution < 1.29 is 4.74 Å². The largest absolute Gasteiger partial charge is 0.383 e. The van der Waals surface area contributed by atoms with Gasteiger partial charge in [-0.25, -0.2) is 0 Å². The molecule has 112 valence electrons. The molecule has 1 aromatic carbocycles. The van der Waals surface area contributed by atoms with Gasteiger partial charge in [0.05, 0.1) is 6.61 Å². The van der Waals surface area contributed by atoms with E-state index in [4.69, 9.17) is 4.74 Å². The number of benzene rings is 1. The molecule has 0 saturated carbocycles. The Hall–Kier alpha value is -0.510. The van der Waals surface area contributed by atoms with E-state index in [9.17, 15) is 0 Å². The highest BCUT2D eigenvalue weighted by molar-refractivity contribution is 7.99. The van der Waals surface area contributed by atoms with E-state index in [1.807, 2.05) is 11.8 Å². The van der Waals surface area contributed by atoms with Crippen molar-refractivity contribution >= 4 is 11.8 Å². The van der Waals surface area contributed by atoms with Crippen LogP contribution in [0.2, 0.25) is 0 Å². The van der Waals surface area contributed by atoms with Crippen LogP contribution in [-0.2, 0) is 4.74 Å². The van der Waals surface area contributed by atoms with Gasteiger partial charge in [-0.1, -0.05) is 31.5 Å². The van der Waals surface area contributed by atoms with Gasteiger partial charge >= 0.3 is 0 Å². The predicted molar refractivity (Wildman–Crippen MR) is 87.7 cm³/mol. The molecule has 0 saturated heterocycles. The lowest BCUT2D eigenvalue weighted by molar-refractivity contribution is 0.197. The maximum Gasteiger partial charge on any atom is 0.0587 e. The summed E-state index contributed by atoms with van der Waals surface area (Å²) in [6.07, 6.45) is 3.92. The van der Waals surface area contributed by atoms with Crippen molar-refractivity contribution in [3.63, 3.8) is 0 Å². The van der Waals surface area contributed by atoms with E-state index in [2.05, 4.69) is 36.5 Å². The minimum atomic E-state index is 0.747. The van der Waals surface area contributed by atoms with Crippen LogP contribution in [0.5, 0.6) is 0 Å². The van der Waals surface area contributed by atoms with Gasteiger partial charge in [-0.15, -0.1) is 11.8 Å². The van der Waals surface area contributed by atoms with Crippen LogP contribution in [0, 0.1) is 5.92 Å². The number of thioether (sulfide) groups is 1. The molecule has 0 bridgehead atoms. The van der Waals surface area contributed by atoms with Crippen LogP contribution in [0.3, 0.4) is 0 Å². The van der Waals surface area contributed by atoms with Crippen molar-refractivity contribution in [2.75, 3.05) is 32.6 Å². The van der Waals surface area contributed by atoms with Gasteiger partial charge in [-0.05, 0) is 42.9 Å². The van der Waals surface area contributed by atoms with Gasteiger partial charge in [0.25, 0.3) is 0 Å². The molecule has 0 amide bonds. The van der Waals surface area contributed by atoms with E-state index in [0.29, 0.717) is 0 Å². The first-order valence-electron chi connectivity index (χ1n) is 7.76. The maximum absolute atomic E-state index is 5.10. The summed E-state index contributed by atoms with van der Waals surface area (Å²) in [5.74, 6) is 2.79. The quantitative estimate of drug-likeness (QED) is 0.697. The van der Waals surface area contributed by atoms with Crippen molar-refractivity contribution in [1.82, 2.24) is 5.32 Å². The highest BCUT2D eigenvalue weighted by Crippen LogP contribution is 2.42. The van der Waals surface area contributed by atoms with E-state index >= 15 is 0 Å². The Bertz CT molecular complexity index is 396. The van der Waals surface area contributed by atoms with Gasteiger partial charge < -0.3 is 10.1 Å². The Balaban J connectivity index is 1.85. The average Bonchev–Trinajstić information content (AvgIpc) is 2.87. The summed E-state index contributed by atoms with van der Waals surface area (Å²) in [7, 11) is 1.76. The molecule has 1 aromatic rings. The highest BCUT2D eigenvalue weighted by Gasteiger charge is 2.25. The van der Waals surface area contributed by atoms with Gasteiger partial charge in [0.2, 0.25) is 0 Å². The maximum atomic E-state index is 5.10. The molecule has 0 radical (unpaired) electrons. The molecule has 2 atom stereocenters. The number of methoxy groups -OCH3 is 1. The Morgan fingerprint density at radius 1 is 1.40 bits per heavy atom. The summed E-state index contributed by atoms with van der Waals surface area (Å²) in [6.45, 7) is 5.19. The van der Waals surface area contributed by atoms with Crippen LogP contribution in [-0.4, -0.2) is 32.6 Å². The number of ether oxygens (including phenoxy) is 1. The van der Waals surface area contributed by atoms with Crippen LogP contribution < -0.4 is 5.32 Å². The molecule has 1 heterocycles. The standard InChI is InChI=1S/C17H27NOS/c1-3-6-14(12-18-9-10-19-2)11-15-13-20-17-8-5-4-7-16(15)17/h4-5,7-8,14-15,18H,3,6,9-13H2,1-2H3. The van der Waals surface area contributed by atoms with E-state index in [-0.39, 0.29) is 0 Å². The van der Waals surface area contributed by atoms with Crippen molar-refractivity contribution in [2.24, 2.45) is 5.92 Å². The molecule has 3 heteroatoms. The van der Waals surface area contributed by atoms with Crippen LogP contribution in [0.25, 0.3) is 0 Å². The second-order valence-corrected chi connectivity index (χ2v) is 6.69. The van der Waals surface area contributed by atoms with Gasteiger partial charge in [-0.2, -0.15) is 0 Å². The molecule has 0 fully saturated rings. The third-order valence-electron chi connectivity index (χ3n) is 4.03. The lowest BCUT2D eigenvalue weighted by atomic mass is 9.88. The first kappa shape index (κ1) is 15.9. The van der Waals surface area contributed by atoms with Crippen molar-refractivity contribution in [1.29, 1.82) is 0 Å². The summed E-state index contributed by atoms with van der Waals surface area (Å²) in [4.78, 5) is 1.50. The zero-order chi connectivity index (χ0) is 14.2. The van der Waals surface area contributed by atoms with Crippen LogP contribution in [0.1, 0.15) is 37.7 Å². The van der Waals surface area contributed by atoms with Gasteiger partial charge in [-0.3, -0.25) is 0 Å². The SMILES string of the molecule is CCCC(CNCCOC)CC1CSc2ccccc21. The van der Waals surface area contributed by atoms with Crippen LogP contribution >= 0.6 is 11.8 Å². The minimum Gasteiger partial charge on any atom is -0.383 e. The molecule has 2 nitrogen and oxygen atoms in total. The van der Waals surface area contributed by atoms with Gasteiger partial charge in [0.1, 0.15) is 0 Å². The molecular weight excluding hydrogens is 266 g/mol. The van der Waals surface area contributed by atoms with Crippen LogP contribution in [0.15, 0.2) is 29.2 Å². The lowest BCUT2D eigenvalue weighted by Crippen LogP contribution is -2.27. The number of hydrogen-bond donors (Lipinski definition) is 1. The number of fused-ring (bicyclic) bond motifs is 1. The molecule has 1 N–H and O–H groups in total. The first-order valence-corrected chi connectivity index (χ1v) is 8.75. The molecule has 0 aromatic heterocycles. The fourth-order valence-corrected chi connectivity index (χ4v) is 4.29. The monoisotopic (exact) mass is 293 g/mol. The predicted octanol–water partition coefficient (Wildman–Crippen LogP) is 3.92. The van der Waals surface area contributed by atoms with E-state index in [1.165, 1.54) is 29.9 Å². The van der Waals surface area contributed by atoms with E-state index in [0.717, 1.165) is 31.5 Å². The Morgan fingerprint density at radius 2 is 2.25 bits per heavy atom. The molecule has 1 aliphatic rings. The molecule has 2 rings (SSSR count). The number of hydrogen-bond acceptors (Lipinski definition) is 3. The molecule has 0 spiro atoms. The smallest absolute Gasteiger partial charge is 0.0587 e. The fourth-order valence-electron chi connectivity index (χ4n) is 3.02. The zero-order valence-corrected chi connectivity index (χ0v) is 13.5. The molecule has 0 aliphatic carbocycles. The molecule has 20 heavy (non-hydrogen) atoms. The Morgan fingerprint density at radius 3 is 3.05 bits per heavy atom. The lowest BCUT2D eigenvalue weighted by Gasteiger charge is -2.21. The second-order valence-electron chi connectivity index (χ2n) is 5.63. The Kier molecular flexibility index (Phi) is 6.91. The fraction of sp³-hybridized carbons (Fsp3) is 0.647. The average molecular weight is 293 g/mol. The third kappa shape index (κ3) is 4.51. The third-order valence-corrected chi connectivity index (χ3v) is 5.28. The summed E-state index contributed by atoms with van der Waals surface area (Å²) >= 11 is 2.03. The number of nitrogens with one attached hydrogen (secondary N) is 1. The summed E-state index contributed by atoms with van der Waals surface area (Å²) in [5, 5.41) is 3.54. The molecule has 1 aliphatic heterocycles. The number of rotatable bonds is 9. The first-order chi connectivity index (χ1) is 9.85. The minimum absolute atomic E-state index is 0.747. The topological polar surface area (TPSA) is 21.3 Å². The van der Waals surface area contributed by atoms with Crippen LogP contribution in [0.4, 0.5) is 0 Å². The molecule has 2 unspecified atom stereocenters. The van der Waals surface area contributed by atoms with E-state index in [1.54, 1.807) is 12.7 Å². The summed E-state index contributed by atoms with van der Waals surface area (Å²) in [6, 6.07) is 8.93. The normalized spacial score (nSPS) is 19.0. The Labute approximate surface area is 127 Å². The summed E-state index contributed by atoms with van der Waals surface area (Å²) < 4.78 is 5.10. The van der Waals surface area contributed by atoms with Crippen molar-refractivity contribution in [3.8, 4) is 0 Å². The zero-order valence-electron chi connectivity index (χ0n) is 12.7. The van der Waals surface area contributed by atoms with Crippen molar-refractivity contribution in [2.45, 2.75) is 37.0 Å². The molecular formula is C17H27NOS. The van der Waals surface area contributed by atoms with Gasteiger partial charge in [0, 0.05) is 24.3 Å². The van der Waals surface area contributed by atoms with E-state index < -0.39 is 0 Å². The summed E-state index contributed by atoms with van der Waals surface area (Å²) in [5.41, 5.74) is 1.58. The van der Waals surface area contributed by atoms with Gasteiger partial charge in [0.15, 0.2) is 0 Å². The second kappa shape index (κ2) is 8.71.